The maximum Gasteiger partial charge on any atom is 0.314 e. The summed E-state index contributed by atoms with van der Waals surface area (Å²) >= 11 is 0. The van der Waals surface area contributed by atoms with E-state index in [4.69, 9.17) is 5.11 Å². The number of ether oxygens (including phenoxy) is 1. The second kappa shape index (κ2) is 1.29. The SMILES string of the molecule is O=C1OC[C@@H](O)C12CC2. The van der Waals surface area contributed by atoms with Crippen LogP contribution in [0.4, 0.5) is 0 Å². The lowest BCUT2D eigenvalue weighted by atomic mass is 10.0. The molecule has 9 heavy (non-hydrogen) atoms. The largest absolute Gasteiger partial charge is 0.462 e. The van der Waals surface area contributed by atoms with E-state index in [1.807, 2.05) is 0 Å². The standard InChI is InChI=1S/C6H8O3/c7-4-3-9-5(8)6(4)1-2-6/h4,7H,1-3H2/t4-/m1/s1. The summed E-state index contributed by atoms with van der Waals surface area (Å²) in [6.45, 7) is 0.207. The first-order chi connectivity index (χ1) is 4.26. The number of esters is 1. The third-order valence-electron chi connectivity index (χ3n) is 2.21. The van der Waals surface area contributed by atoms with Crippen molar-refractivity contribution in [3.8, 4) is 0 Å². The normalized spacial score (nSPS) is 37.0. The van der Waals surface area contributed by atoms with Gasteiger partial charge in [-0.25, -0.2) is 0 Å². The van der Waals surface area contributed by atoms with Crippen LogP contribution in [0.1, 0.15) is 12.8 Å². The minimum Gasteiger partial charge on any atom is -0.462 e. The van der Waals surface area contributed by atoms with Gasteiger partial charge in [-0.3, -0.25) is 4.79 Å². The fourth-order valence-electron chi connectivity index (χ4n) is 1.27. The Hall–Kier alpha value is -0.570. The zero-order chi connectivity index (χ0) is 6.48. The lowest BCUT2D eigenvalue weighted by Crippen LogP contribution is -2.21. The molecule has 1 atom stereocenters. The zero-order valence-corrected chi connectivity index (χ0v) is 4.96. The van der Waals surface area contributed by atoms with Crippen LogP contribution in [-0.2, 0) is 9.53 Å². The highest BCUT2D eigenvalue weighted by molar-refractivity contribution is 5.82. The summed E-state index contributed by atoms with van der Waals surface area (Å²) in [6.07, 6.45) is 1.10. The van der Waals surface area contributed by atoms with E-state index in [0.717, 1.165) is 12.8 Å². The van der Waals surface area contributed by atoms with Gasteiger partial charge >= 0.3 is 5.97 Å². The van der Waals surface area contributed by atoms with Crippen molar-refractivity contribution >= 4 is 5.97 Å². The van der Waals surface area contributed by atoms with Gasteiger partial charge in [0.15, 0.2) is 0 Å². The summed E-state index contributed by atoms with van der Waals surface area (Å²) < 4.78 is 4.65. The summed E-state index contributed by atoms with van der Waals surface area (Å²) in [5.41, 5.74) is -0.444. The van der Waals surface area contributed by atoms with Gasteiger partial charge in [0.25, 0.3) is 0 Å². The van der Waals surface area contributed by atoms with Gasteiger partial charge in [0.05, 0.1) is 5.41 Å². The second-order valence-corrected chi connectivity index (χ2v) is 2.77. The van der Waals surface area contributed by atoms with Crippen LogP contribution in [0.3, 0.4) is 0 Å². The van der Waals surface area contributed by atoms with E-state index >= 15 is 0 Å². The molecule has 0 aromatic carbocycles. The van der Waals surface area contributed by atoms with Crippen LogP contribution < -0.4 is 0 Å². The molecule has 0 unspecified atom stereocenters. The monoisotopic (exact) mass is 128 g/mol. The number of rotatable bonds is 0. The third kappa shape index (κ3) is 0.477. The number of aliphatic hydroxyl groups is 1. The molecule has 0 aromatic rings. The van der Waals surface area contributed by atoms with Crippen molar-refractivity contribution < 1.29 is 14.6 Å². The molecule has 0 amide bonds. The summed E-state index contributed by atoms with van der Waals surface area (Å²) in [5, 5.41) is 9.14. The van der Waals surface area contributed by atoms with Gasteiger partial charge in [-0.1, -0.05) is 0 Å². The fourth-order valence-corrected chi connectivity index (χ4v) is 1.27. The van der Waals surface area contributed by atoms with E-state index in [2.05, 4.69) is 4.74 Å². The van der Waals surface area contributed by atoms with E-state index in [1.165, 1.54) is 0 Å². The molecule has 1 aliphatic heterocycles. The first kappa shape index (κ1) is 5.23. The average molecular weight is 128 g/mol. The second-order valence-electron chi connectivity index (χ2n) is 2.77. The summed E-state index contributed by atoms with van der Waals surface area (Å²) in [6, 6.07) is 0. The van der Waals surface area contributed by atoms with E-state index in [9.17, 15) is 4.79 Å². The van der Waals surface area contributed by atoms with E-state index < -0.39 is 11.5 Å². The van der Waals surface area contributed by atoms with Crippen LogP contribution in [0.25, 0.3) is 0 Å². The molecule has 0 bridgehead atoms. The Labute approximate surface area is 52.6 Å². The highest BCUT2D eigenvalue weighted by atomic mass is 16.6. The quantitative estimate of drug-likeness (QED) is 0.455. The molecule has 0 radical (unpaired) electrons. The molecular formula is C6H8O3. The number of hydrogen-bond donors (Lipinski definition) is 1. The lowest BCUT2D eigenvalue weighted by Gasteiger charge is -2.02. The summed E-state index contributed by atoms with van der Waals surface area (Å²) in [7, 11) is 0. The average Bonchev–Trinajstić information content (AvgIpc) is 2.56. The molecule has 3 heteroatoms. The Balaban J connectivity index is 2.26. The molecule has 1 saturated carbocycles. The molecule has 50 valence electrons. The van der Waals surface area contributed by atoms with Crippen molar-refractivity contribution in [2.24, 2.45) is 5.41 Å². The van der Waals surface area contributed by atoms with E-state index in [1.54, 1.807) is 0 Å². The molecule has 0 aromatic heterocycles. The van der Waals surface area contributed by atoms with Crippen molar-refractivity contribution in [3.63, 3.8) is 0 Å². The van der Waals surface area contributed by atoms with Crippen LogP contribution in [0.5, 0.6) is 0 Å². The Kier molecular flexibility index (Phi) is 0.750. The van der Waals surface area contributed by atoms with Crippen LogP contribution in [0, 0.1) is 5.41 Å². The smallest absolute Gasteiger partial charge is 0.314 e. The Bertz CT molecular complexity index is 160. The molecular weight excluding hydrogens is 120 g/mol. The molecule has 1 heterocycles. The van der Waals surface area contributed by atoms with E-state index in [0.29, 0.717) is 0 Å². The first-order valence-corrected chi connectivity index (χ1v) is 3.11. The van der Waals surface area contributed by atoms with Crippen molar-refractivity contribution in [1.29, 1.82) is 0 Å². The fraction of sp³-hybridized carbons (Fsp3) is 0.833. The highest BCUT2D eigenvalue weighted by Crippen LogP contribution is 2.52. The third-order valence-corrected chi connectivity index (χ3v) is 2.21. The van der Waals surface area contributed by atoms with Crippen molar-refractivity contribution in [3.05, 3.63) is 0 Å². The first-order valence-electron chi connectivity index (χ1n) is 3.11. The van der Waals surface area contributed by atoms with Gasteiger partial charge in [-0.2, -0.15) is 0 Å². The lowest BCUT2D eigenvalue weighted by molar-refractivity contribution is -0.142. The molecule has 1 spiro atoms. The molecule has 2 aliphatic rings. The minimum atomic E-state index is -0.523. The van der Waals surface area contributed by atoms with Crippen LogP contribution in [-0.4, -0.2) is 23.8 Å². The van der Waals surface area contributed by atoms with Gasteiger partial charge in [-0.15, -0.1) is 0 Å². The predicted molar refractivity (Wildman–Crippen MR) is 28.6 cm³/mol. The highest BCUT2D eigenvalue weighted by Gasteiger charge is 2.60. The molecule has 2 fully saturated rings. The Morgan fingerprint density at radius 1 is 1.67 bits per heavy atom. The molecule has 1 saturated heterocycles. The van der Waals surface area contributed by atoms with Crippen molar-refractivity contribution in [2.75, 3.05) is 6.61 Å². The van der Waals surface area contributed by atoms with Gasteiger partial charge in [0.1, 0.15) is 12.7 Å². The molecule has 1 aliphatic carbocycles. The number of carbonyl (C=O) groups excluding carboxylic acids is 1. The van der Waals surface area contributed by atoms with Crippen LogP contribution in [0.15, 0.2) is 0 Å². The van der Waals surface area contributed by atoms with Crippen molar-refractivity contribution in [1.82, 2.24) is 0 Å². The van der Waals surface area contributed by atoms with E-state index in [-0.39, 0.29) is 12.6 Å². The Morgan fingerprint density at radius 3 is 2.56 bits per heavy atom. The van der Waals surface area contributed by atoms with Gasteiger partial charge in [0.2, 0.25) is 0 Å². The molecule has 1 N–H and O–H groups in total. The van der Waals surface area contributed by atoms with Crippen LogP contribution in [0.2, 0.25) is 0 Å². The predicted octanol–water partition coefficient (Wildman–Crippen LogP) is -0.316. The topological polar surface area (TPSA) is 46.5 Å². The minimum absolute atomic E-state index is 0.199. The summed E-state index contributed by atoms with van der Waals surface area (Å²) in [5.74, 6) is -0.199. The van der Waals surface area contributed by atoms with Crippen molar-refractivity contribution in [2.45, 2.75) is 18.9 Å². The Morgan fingerprint density at radius 2 is 2.33 bits per heavy atom. The zero-order valence-electron chi connectivity index (χ0n) is 4.96. The van der Waals surface area contributed by atoms with Gasteiger partial charge < -0.3 is 9.84 Å². The molecule has 2 rings (SSSR count). The molecule has 3 nitrogen and oxygen atoms in total. The number of cyclic esters (lactones) is 1. The number of carbonyl (C=O) groups is 1. The van der Waals surface area contributed by atoms with Gasteiger partial charge in [0, 0.05) is 0 Å². The number of aliphatic hydroxyl groups excluding tert-OH is 1. The van der Waals surface area contributed by atoms with Crippen LogP contribution >= 0.6 is 0 Å². The summed E-state index contributed by atoms with van der Waals surface area (Å²) in [4.78, 5) is 10.8. The maximum atomic E-state index is 10.8. The van der Waals surface area contributed by atoms with Gasteiger partial charge in [-0.05, 0) is 12.8 Å². The maximum absolute atomic E-state index is 10.8. The number of hydrogen-bond acceptors (Lipinski definition) is 3.